The van der Waals surface area contributed by atoms with Crippen LogP contribution in [0.5, 0.6) is 0 Å². The lowest BCUT2D eigenvalue weighted by molar-refractivity contribution is -0.000873. The number of pyridine rings is 1. The maximum absolute atomic E-state index is 11.7. The van der Waals surface area contributed by atoms with Crippen LogP contribution in [0.2, 0.25) is 0 Å². The number of aromatic nitrogens is 1. The third-order valence-corrected chi connectivity index (χ3v) is 4.95. The Morgan fingerprint density at radius 2 is 2.30 bits per heavy atom. The largest absolute Gasteiger partial charge is 0.388 e. The molecule has 1 saturated carbocycles. The zero-order valence-electron chi connectivity index (χ0n) is 12.0. The fourth-order valence-corrected chi connectivity index (χ4v) is 3.67. The molecule has 0 bridgehead atoms. The monoisotopic (exact) mass is 298 g/mol. The van der Waals surface area contributed by atoms with Gasteiger partial charge >= 0.3 is 0 Å². The average molecular weight is 298 g/mol. The second-order valence-corrected chi connectivity index (χ2v) is 7.89. The maximum atomic E-state index is 11.7. The van der Waals surface area contributed by atoms with E-state index in [-0.39, 0.29) is 4.90 Å². The number of nitrogens with one attached hydrogen (secondary N) is 1. The first-order valence-corrected chi connectivity index (χ1v) is 8.81. The fraction of sp³-hybridized carbons (Fsp3) is 0.643. The van der Waals surface area contributed by atoms with Gasteiger partial charge in [-0.25, -0.2) is 13.4 Å². The lowest BCUT2D eigenvalue weighted by atomic mass is 9.79. The zero-order valence-corrected chi connectivity index (χ0v) is 12.8. The molecule has 0 aliphatic heterocycles. The lowest BCUT2D eigenvalue weighted by Crippen LogP contribution is -2.41. The smallest absolute Gasteiger partial charge is 0.179 e. The predicted octanol–water partition coefficient (Wildman–Crippen LogP) is 1.84. The first-order valence-electron chi connectivity index (χ1n) is 6.91. The van der Waals surface area contributed by atoms with E-state index in [1.807, 2.05) is 0 Å². The van der Waals surface area contributed by atoms with Gasteiger partial charge in [0.15, 0.2) is 9.84 Å². The Labute approximate surface area is 120 Å². The number of nitrogens with zero attached hydrogens (tertiary/aromatic N) is 1. The molecule has 20 heavy (non-hydrogen) atoms. The zero-order chi connectivity index (χ0) is 14.8. The average Bonchev–Trinajstić information content (AvgIpc) is 2.35. The van der Waals surface area contributed by atoms with Crippen LogP contribution >= 0.6 is 0 Å². The summed E-state index contributed by atoms with van der Waals surface area (Å²) >= 11 is 0. The van der Waals surface area contributed by atoms with Crippen molar-refractivity contribution in [1.29, 1.82) is 0 Å². The van der Waals surface area contributed by atoms with Crippen molar-refractivity contribution < 1.29 is 13.5 Å². The Kier molecular flexibility index (Phi) is 4.34. The highest BCUT2D eigenvalue weighted by atomic mass is 32.2. The molecule has 1 aliphatic carbocycles. The summed E-state index contributed by atoms with van der Waals surface area (Å²) in [5.41, 5.74) is -0.774. The molecule has 5 nitrogen and oxygen atoms in total. The number of rotatable bonds is 4. The van der Waals surface area contributed by atoms with Gasteiger partial charge in [-0.1, -0.05) is 19.8 Å². The van der Waals surface area contributed by atoms with E-state index < -0.39 is 15.4 Å². The molecule has 1 aromatic rings. The molecule has 2 rings (SSSR count). The number of hydrogen-bond donors (Lipinski definition) is 2. The van der Waals surface area contributed by atoms with E-state index in [0.29, 0.717) is 18.3 Å². The van der Waals surface area contributed by atoms with E-state index in [4.69, 9.17) is 0 Å². The minimum absolute atomic E-state index is 0.174. The van der Waals surface area contributed by atoms with Crippen molar-refractivity contribution >= 4 is 15.7 Å². The van der Waals surface area contributed by atoms with Gasteiger partial charge in [0, 0.05) is 19.0 Å². The van der Waals surface area contributed by atoms with Crippen LogP contribution in [0.4, 0.5) is 5.82 Å². The SMILES string of the molecule is CC1CCCC(O)(CNc2ncccc2S(C)(=O)=O)C1. The van der Waals surface area contributed by atoms with Crippen LogP contribution < -0.4 is 5.32 Å². The number of sulfone groups is 1. The van der Waals surface area contributed by atoms with Gasteiger partial charge in [0.2, 0.25) is 0 Å². The van der Waals surface area contributed by atoms with Gasteiger partial charge in [-0.15, -0.1) is 0 Å². The molecule has 0 spiro atoms. The van der Waals surface area contributed by atoms with Crippen LogP contribution in [0.3, 0.4) is 0 Å². The van der Waals surface area contributed by atoms with Gasteiger partial charge in [-0.2, -0.15) is 0 Å². The van der Waals surface area contributed by atoms with Crippen LogP contribution in [0.1, 0.15) is 32.6 Å². The van der Waals surface area contributed by atoms with Crippen LogP contribution in [0, 0.1) is 5.92 Å². The van der Waals surface area contributed by atoms with E-state index in [9.17, 15) is 13.5 Å². The van der Waals surface area contributed by atoms with Crippen molar-refractivity contribution in [2.75, 3.05) is 18.1 Å². The van der Waals surface area contributed by atoms with E-state index in [1.165, 1.54) is 6.07 Å². The van der Waals surface area contributed by atoms with Crippen LogP contribution in [0.25, 0.3) is 0 Å². The van der Waals surface area contributed by atoms with Crippen molar-refractivity contribution in [3.05, 3.63) is 18.3 Å². The summed E-state index contributed by atoms with van der Waals surface area (Å²) in [6.07, 6.45) is 6.32. The first-order chi connectivity index (χ1) is 9.30. The van der Waals surface area contributed by atoms with Gasteiger partial charge in [0.25, 0.3) is 0 Å². The molecule has 1 heterocycles. The molecule has 112 valence electrons. The molecule has 1 aromatic heterocycles. The Bertz CT molecular complexity index is 574. The quantitative estimate of drug-likeness (QED) is 0.886. The molecule has 0 aromatic carbocycles. The summed E-state index contributed by atoms with van der Waals surface area (Å²) in [7, 11) is -3.32. The van der Waals surface area contributed by atoms with Gasteiger partial charge < -0.3 is 10.4 Å². The fourth-order valence-electron chi connectivity index (χ4n) is 2.86. The molecule has 2 N–H and O–H groups in total. The topological polar surface area (TPSA) is 79.3 Å². The minimum atomic E-state index is -3.32. The number of aliphatic hydroxyl groups is 1. The Morgan fingerprint density at radius 1 is 1.55 bits per heavy atom. The van der Waals surface area contributed by atoms with Gasteiger partial charge in [0.1, 0.15) is 10.7 Å². The summed E-state index contributed by atoms with van der Waals surface area (Å²) in [5, 5.41) is 13.6. The van der Waals surface area contributed by atoms with E-state index >= 15 is 0 Å². The van der Waals surface area contributed by atoms with E-state index in [1.54, 1.807) is 12.3 Å². The summed E-state index contributed by atoms with van der Waals surface area (Å²) in [6, 6.07) is 3.12. The van der Waals surface area contributed by atoms with Crippen molar-refractivity contribution in [1.82, 2.24) is 4.98 Å². The molecule has 1 aliphatic rings. The molecular weight excluding hydrogens is 276 g/mol. The predicted molar refractivity (Wildman–Crippen MR) is 78.4 cm³/mol. The summed E-state index contributed by atoms with van der Waals surface area (Å²) in [5.74, 6) is 0.815. The third kappa shape index (κ3) is 3.70. The van der Waals surface area contributed by atoms with Crippen molar-refractivity contribution in [3.8, 4) is 0 Å². The molecule has 2 unspecified atom stereocenters. The van der Waals surface area contributed by atoms with Crippen molar-refractivity contribution in [2.45, 2.75) is 43.1 Å². The minimum Gasteiger partial charge on any atom is -0.388 e. The molecular formula is C14H22N2O3S. The van der Waals surface area contributed by atoms with Gasteiger partial charge in [-0.05, 0) is 30.9 Å². The highest BCUT2D eigenvalue weighted by Gasteiger charge is 2.32. The summed E-state index contributed by atoms with van der Waals surface area (Å²) in [6.45, 7) is 2.46. The first kappa shape index (κ1) is 15.3. The van der Waals surface area contributed by atoms with Gasteiger partial charge in [0.05, 0.1) is 5.60 Å². The molecule has 0 saturated heterocycles. The summed E-state index contributed by atoms with van der Waals surface area (Å²) in [4.78, 5) is 4.25. The van der Waals surface area contributed by atoms with Crippen LogP contribution in [-0.4, -0.2) is 36.9 Å². The van der Waals surface area contributed by atoms with Crippen molar-refractivity contribution in [2.24, 2.45) is 5.92 Å². The third-order valence-electron chi connectivity index (χ3n) is 3.82. The standard InChI is InChI=1S/C14H22N2O3S/c1-11-5-3-7-14(17,9-11)10-16-13-12(20(2,18)19)6-4-8-15-13/h4,6,8,11,17H,3,5,7,9-10H2,1-2H3,(H,15,16). The normalized spacial score (nSPS) is 27.2. The molecule has 2 atom stereocenters. The Balaban J connectivity index is 2.12. The summed E-state index contributed by atoms with van der Waals surface area (Å²) < 4.78 is 23.4. The maximum Gasteiger partial charge on any atom is 0.179 e. The highest BCUT2D eigenvalue weighted by molar-refractivity contribution is 7.90. The molecule has 1 fully saturated rings. The van der Waals surface area contributed by atoms with E-state index in [0.717, 1.165) is 31.9 Å². The number of anilines is 1. The molecule has 0 amide bonds. The van der Waals surface area contributed by atoms with Crippen LogP contribution in [-0.2, 0) is 9.84 Å². The number of hydrogen-bond acceptors (Lipinski definition) is 5. The molecule has 0 radical (unpaired) electrons. The Morgan fingerprint density at radius 3 is 2.95 bits per heavy atom. The van der Waals surface area contributed by atoms with Gasteiger partial charge in [-0.3, -0.25) is 0 Å². The highest BCUT2D eigenvalue weighted by Crippen LogP contribution is 2.32. The lowest BCUT2D eigenvalue weighted by Gasteiger charge is -2.35. The second-order valence-electron chi connectivity index (χ2n) is 5.90. The second kappa shape index (κ2) is 5.69. The van der Waals surface area contributed by atoms with Crippen molar-refractivity contribution in [3.63, 3.8) is 0 Å². The van der Waals surface area contributed by atoms with Crippen LogP contribution in [0.15, 0.2) is 23.2 Å². The van der Waals surface area contributed by atoms with E-state index in [2.05, 4.69) is 17.2 Å². The molecule has 6 heteroatoms. The Hall–Kier alpha value is -1.14.